The van der Waals surface area contributed by atoms with E-state index in [0.717, 1.165) is 32.0 Å². The molecule has 1 unspecified atom stereocenters. The smallest absolute Gasteiger partial charge is 0.175 e. The van der Waals surface area contributed by atoms with Crippen molar-refractivity contribution in [3.05, 3.63) is 94.0 Å². The van der Waals surface area contributed by atoms with E-state index in [0.29, 0.717) is 19.0 Å². The van der Waals surface area contributed by atoms with Gasteiger partial charge in [-0.15, -0.1) is 0 Å². The Morgan fingerprint density at radius 2 is 1.72 bits per heavy atom. The molecule has 0 aromatic heterocycles. The molecule has 0 radical (unpaired) electrons. The van der Waals surface area contributed by atoms with Gasteiger partial charge >= 0.3 is 0 Å². The van der Waals surface area contributed by atoms with Gasteiger partial charge in [-0.05, 0) is 46.1 Å². The Morgan fingerprint density at radius 3 is 2.45 bits per heavy atom. The number of ether oxygens (including phenoxy) is 2. The molecule has 0 bridgehead atoms. The highest BCUT2D eigenvalue weighted by atomic mass is 79.9. The second kappa shape index (κ2) is 9.37. The molecule has 1 aliphatic rings. The minimum atomic E-state index is 0.0175. The molecule has 3 aromatic carbocycles. The molecule has 0 spiro atoms. The zero-order valence-corrected chi connectivity index (χ0v) is 18.4. The quantitative estimate of drug-likeness (QED) is 0.453. The lowest BCUT2D eigenvalue weighted by Gasteiger charge is -2.17. The van der Waals surface area contributed by atoms with Crippen LogP contribution in [0.3, 0.4) is 0 Å². The molecule has 0 fully saturated rings. The van der Waals surface area contributed by atoms with Gasteiger partial charge in [-0.2, -0.15) is 5.10 Å². The Kier molecular flexibility index (Phi) is 6.42. The molecule has 148 valence electrons. The summed E-state index contributed by atoms with van der Waals surface area (Å²) in [6.07, 6.45) is 0. The average molecular weight is 469 g/mol. The standard InChI is InChI=1S/C23H21BrN2O2S/c1-2-27-20-14-18(23-26-25-22(29-23)17-11-7-4-8-12-17)13-19(24)21(20)28-15-16-9-5-3-6-10-16/h3-14,23,26H,2,15H2,1H3. The highest BCUT2D eigenvalue weighted by Crippen LogP contribution is 2.42. The lowest BCUT2D eigenvalue weighted by Crippen LogP contribution is -2.08. The summed E-state index contributed by atoms with van der Waals surface area (Å²) in [5, 5.41) is 5.51. The Morgan fingerprint density at radius 1 is 1.00 bits per heavy atom. The summed E-state index contributed by atoms with van der Waals surface area (Å²) in [5.41, 5.74) is 6.53. The predicted molar refractivity (Wildman–Crippen MR) is 123 cm³/mol. The lowest BCUT2D eigenvalue weighted by atomic mass is 10.2. The van der Waals surface area contributed by atoms with Crippen LogP contribution in [-0.4, -0.2) is 11.7 Å². The van der Waals surface area contributed by atoms with Crippen molar-refractivity contribution in [1.29, 1.82) is 0 Å². The summed E-state index contributed by atoms with van der Waals surface area (Å²) in [6, 6.07) is 24.4. The summed E-state index contributed by atoms with van der Waals surface area (Å²) in [7, 11) is 0. The third-order valence-electron chi connectivity index (χ3n) is 4.39. The number of halogens is 1. The van der Waals surface area contributed by atoms with Crippen LogP contribution in [0, 0.1) is 0 Å². The summed E-state index contributed by atoms with van der Waals surface area (Å²) < 4.78 is 12.8. The highest BCUT2D eigenvalue weighted by Gasteiger charge is 2.24. The molecule has 0 saturated carbocycles. The molecule has 1 aliphatic heterocycles. The zero-order valence-electron chi connectivity index (χ0n) is 16.0. The molecule has 4 rings (SSSR count). The van der Waals surface area contributed by atoms with E-state index < -0.39 is 0 Å². The van der Waals surface area contributed by atoms with Crippen molar-refractivity contribution in [3.8, 4) is 11.5 Å². The summed E-state index contributed by atoms with van der Waals surface area (Å²) in [4.78, 5) is 0. The van der Waals surface area contributed by atoms with E-state index in [-0.39, 0.29) is 5.37 Å². The van der Waals surface area contributed by atoms with Gasteiger partial charge in [0.25, 0.3) is 0 Å². The van der Waals surface area contributed by atoms with Crippen molar-refractivity contribution in [2.45, 2.75) is 18.9 Å². The van der Waals surface area contributed by atoms with Crippen molar-refractivity contribution in [3.63, 3.8) is 0 Å². The lowest BCUT2D eigenvalue weighted by molar-refractivity contribution is 0.267. The Balaban J connectivity index is 1.53. The molecule has 6 heteroatoms. The van der Waals surface area contributed by atoms with Crippen molar-refractivity contribution in [2.75, 3.05) is 6.61 Å². The summed E-state index contributed by atoms with van der Waals surface area (Å²) in [6.45, 7) is 3.02. The molecule has 1 heterocycles. The van der Waals surface area contributed by atoms with Crippen LogP contribution in [0.4, 0.5) is 0 Å². The number of hydrazone groups is 1. The van der Waals surface area contributed by atoms with Gasteiger partial charge in [-0.25, -0.2) is 0 Å². The Labute approximate surface area is 183 Å². The Bertz CT molecular complexity index is 997. The number of nitrogens with zero attached hydrogens (tertiary/aromatic N) is 1. The topological polar surface area (TPSA) is 42.8 Å². The van der Waals surface area contributed by atoms with Gasteiger partial charge in [0.1, 0.15) is 17.0 Å². The first-order valence-corrected chi connectivity index (χ1v) is 11.1. The maximum absolute atomic E-state index is 6.09. The first kappa shape index (κ1) is 19.9. The third kappa shape index (κ3) is 4.77. The van der Waals surface area contributed by atoms with E-state index in [1.54, 1.807) is 11.8 Å². The molecule has 29 heavy (non-hydrogen) atoms. The molecule has 0 aliphatic carbocycles. The minimum Gasteiger partial charge on any atom is -0.490 e. The minimum absolute atomic E-state index is 0.0175. The van der Waals surface area contributed by atoms with Gasteiger partial charge in [-0.3, -0.25) is 5.43 Å². The number of rotatable bonds is 7. The fraction of sp³-hybridized carbons (Fsp3) is 0.174. The molecule has 1 N–H and O–H groups in total. The van der Waals surface area contributed by atoms with Crippen LogP contribution in [0.5, 0.6) is 11.5 Å². The van der Waals surface area contributed by atoms with E-state index in [2.05, 4.69) is 44.7 Å². The first-order chi connectivity index (χ1) is 14.2. The molecule has 0 saturated heterocycles. The molecule has 0 amide bonds. The molecule has 1 atom stereocenters. The van der Waals surface area contributed by atoms with E-state index in [4.69, 9.17) is 9.47 Å². The van der Waals surface area contributed by atoms with Crippen LogP contribution in [0.2, 0.25) is 0 Å². The predicted octanol–water partition coefficient (Wildman–Crippen LogP) is 6.12. The van der Waals surface area contributed by atoms with Gasteiger partial charge in [0.05, 0.1) is 11.1 Å². The Hall–Kier alpha value is -2.44. The SMILES string of the molecule is CCOc1cc(C2NN=C(c3ccccc3)S2)cc(Br)c1OCc1ccccc1. The van der Waals surface area contributed by atoms with Crippen molar-refractivity contribution in [1.82, 2.24) is 5.43 Å². The van der Waals surface area contributed by atoms with Crippen molar-refractivity contribution < 1.29 is 9.47 Å². The average Bonchev–Trinajstić information content (AvgIpc) is 3.25. The van der Waals surface area contributed by atoms with Crippen LogP contribution in [0.1, 0.15) is 29.0 Å². The molecular weight excluding hydrogens is 448 g/mol. The normalized spacial score (nSPS) is 15.5. The van der Waals surface area contributed by atoms with Gasteiger partial charge in [0.2, 0.25) is 0 Å². The fourth-order valence-corrected chi connectivity index (χ4v) is 4.56. The second-order valence-corrected chi connectivity index (χ2v) is 8.40. The summed E-state index contributed by atoms with van der Waals surface area (Å²) in [5.74, 6) is 1.44. The highest BCUT2D eigenvalue weighted by molar-refractivity contribution is 9.10. The number of nitrogens with one attached hydrogen (secondary N) is 1. The summed E-state index contributed by atoms with van der Waals surface area (Å²) >= 11 is 5.36. The van der Waals surface area contributed by atoms with Crippen molar-refractivity contribution >= 4 is 32.7 Å². The van der Waals surface area contributed by atoms with E-state index in [1.165, 1.54) is 0 Å². The van der Waals surface area contributed by atoms with Gasteiger partial charge in [-0.1, -0.05) is 72.4 Å². The van der Waals surface area contributed by atoms with E-state index in [1.807, 2.05) is 61.5 Å². The van der Waals surface area contributed by atoms with Gasteiger partial charge < -0.3 is 9.47 Å². The number of thioether (sulfide) groups is 1. The maximum atomic E-state index is 6.09. The number of hydrogen-bond donors (Lipinski definition) is 1. The maximum Gasteiger partial charge on any atom is 0.175 e. The number of hydrogen-bond acceptors (Lipinski definition) is 5. The van der Waals surface area contributed by atoms with Crippen LogP contribution in [0.15, 0.2) is 82.4 Å². The monoisotopic (exact) mass is 468 g/mol. The van der Waals surface area contributed by atoms with Crippen LogP contribution >= 0.6 is 27.7 Å². The van der Waals surface area contributed by atoms with Crippen LogP contribution in [0.25, 0.3) is 0 Å². The second-order valence-electron chi connectivity index (χ2n) is 6.45. The fourth-order valence-electron chi connectivity index (χ4n) is 3.01. The largest absolute Gasteiger partial charge is 0.490 e. The van der Waals surface area contributed by atoms with E-state index in [9.17, 15) is 0 Å². The van der Waals surface area contributed by atoms with Crippen LogP contribution < -0.4 is 14.9 Å². The molecule has 3 aromatic rings. The zero-order chi connectivity index (χ0) is 20.1. The third-order valence-corrected chi connectivity index (χ3v) is 6.15. The van der Waals surface area contributed by atoms with E-state index >= 15 is 0 Å². The van der Waals surface area contributed by atoms with Gasteiger partial charge in [0.15, 0.2) is 11.5 Å². The molecule has 4 nitrogen and oxygen atoms in total. The van der Waals surface area contributed by atoms with Gasteiger partial charge in [0, 0.05) is 5.56 Å². The first-order valence-electron chi connectivity index (χ1n) is 9.43. The molecular formula is C23H21BrN2O2S. The number of benzene rings is 3. The van der Waals surface area contributed by atoms with Crippen molar-refractivity contribution in [2.24, 2.45) is 5.10 Å². The van der Waals surface area contributed by atoms with Crippen LogP contribution in [-0.2, 0) is 6.61 Å².